The third-order valence-electron chi connectivity index (χ3n) is 2.42. The number of esters is 1. The molecule has 1 amide bonds. The number of carboxylic acids is 1. The molecule has 2 N–H and O–H groups in total. The van der Waals surface area contributed by atoms with E-state index in [0.717, 1.165) is 6.08 Å². The molecule has 0 unspecified atom stereocenters. The first-order valence-corrected chi connectivity index (χ1v) is 5.84. The summed E-state index contributed by atoms with van der Waals surface area (Å²) < 4.78 is 9.40. The summed E-state index contributed by atoms with van der Waals surface area (Å²) >= 11 is 0. The summed E-state index contributed by atoms with van der Waals surface area (Å²) in [5.74, 6) is -1.86. The van der Waals surface area contributed by atoms with Crippen molar-refractivity contribution in [2.24, 2.45) is 0 Å². The van der Waals surface area contributed by atoms with Crippen LogP contribution in [0.1, 0.15) is 18.6 Å². The molecule has 0 aliphatic rings. The van der Waals surface area contributed by atoms with Gasteiger partial charge >= 0.3 is 11.9 Å². The second-order valence-electron chi connectivity index (χ2n) is 3.86. The molecule has 0 radical (unpaired) electrons. The van der Waals surface area contributed by atoms with Gasteiger partial charge in [-0.3, -0.25) is 9.59 Å². The zero-order chi connectivity index (χ0) is 15.0. The van der Waals surface area contributed by atoms with Crippen LogP contribution >= 0.6 is 0 Å². The quantitative estimate of drug-likeness (QED) is 0.566. The number of rotatable bonds is 7. The van der Waals surface area contributed by atoms with E-state index in [1.165, 1.54) is 19.4 Å². The summed E-state index contributed by atoms with van der Waals surface area (Å²) in [4.78, 5) is 33.5. The SMILES string of the molecule is COC(=O)CC[C@@H](NC(=O)/C=C/c1ccco1)C(=O)O. The number of methoxy groups -OCH3 is 1. The number of ether oxygens (including phenoxy) is 1. The number of amides is 1. The van der Waals surface area contributed by atoms with Crippen molar-refractivity contribution in [3.63, 3.8) is 0 Å². The summed E-state index contributed by atoms with van der Waals surface area (Å²) in [6, 6.07) is 2.16. The minimum Gasteiger partial charge on any atom is -0.480 e. The lowest BCUT2D eigenvalue weighted by Gasteiger charge is -2.12. The maximum Gasteiger partial charge on any atom is 0.326 e. The van der Waals surface area contributed by atoms with Gasteiger partial charge in [0.15, 0.2) is 0 Å². The van der Waals surface area contributed by atoms with Crippen LogP contribution in [0.25, 0.3) is 6.08 Å². The first-order chi connectivity index (χ1) is 9.52. The van der Waals surface area contributed by atoms with Gasteiger partial charge in [0.1, 0.15) is 11.8 Å². The molecule has 1 aromatic heterocycles. The molecule has 0 aromatic carbocycles. The largest absolute Gasteiger partial charge is 0.480 e. The van der Waals surface area contributed by atoms with E-state index in [1.807, 2.05) is 0 Å². The van der Waals surface area contributed by atoms with E-state index in [-0.39, 0.29) is 12.8 Å². The monoisotopic (exact) mass is 281 g/mol. The van der Waals surface area contributed by atoms with Crippen molar-refractivity contribution in [3.8, 4) is 0 Å². The van der Waals surface area contributed by atoms with Crippen molar-refractivity contribution < 1.29 is 28.6 Å². The highest BCUT2D eigenvalue weighted by Gasteiger charge is 2.20. The predicted octanol–water partition coefficient (Wildman–Crippen LogP) is 0.815. The maximum absolute atomic E-state index is 11.5. The molecule has 0 aliphatic carbocycles. The highest BCUT2D eigenvalue weighted by molar-refractivity contribution is 5.94. The molecule has 1 rings (SSSR count). The third kappa shape index (κ3) is 5.38. The molecule has 1 aromatic rings. The number of carbonyl (C=O) groups is 3. The van der Waals surface area contributed by atoms with Gasteiger partial charge in [-0.05, 0) is 24.6 Å². The number of carbonyl (C=O) groups excluding carboxylic acids is 2. The van der Waals surface area contributed by atoms with Crippen LogP contribution in [-0.2, 0) is 19.1 Å². The molecule has 7 heteroatoms. The van der Waals surface area contributed by atoms with Gasteiger partial charge in [-0.25, -0.2) is 4.79 Å². The van der Waals surface area contributed by atoms with Crippen LogP contribution < -0.4 is 5.32 Å². The highest BCUT2D eigenvalue weighted by Crippen LogP contribution is 2.03. The van der Waals surface area contributed by atoms with E-state index < -0.39 is 23.9 Å². The Morgan fingerprint density at radius 1 is 1.50 bits per heavy atom. The van der Waals surface area contributed by atoms with Crippen LogP contribution in [0.4, 0.5) is 0 Å². The lowest BCUT2D eigenvalue weighted by molar-refractivity contribution is -0.143. The number of hydrogen-bond donors (Lipinski definition) is 2. The minimum atomic E-state index is -1.21. The van der Waals surface area contributed by atoms with Crippen LogP contribution in [0.5, 0.6) is 0 Å². The molecule has 7 nitrogen and oxygen atoms in total. The van der Waals surface area contributed by atoms with Gasteiger partial charge in [0, 0.05) is 12.5 Å². The average molecular weight is 281 g/mol. The van der Waals surface area contributed by atoms with Crippen LogP contribution in [0.2, 0.25) is 0 Å². The summed E-state index contributed by atoms with van der Waals surface area (Å²) in [7, 11) is 1.21. The second-order valence-corrected chi connectivity index (χ2v) is 3.86. The molecule has 1 atom stereocenters. The Balaban J connectivity index is 2.50. The van der Waals surface area contributed by atoms with E-state index in [0.29, 0.717) is 5.76 Å². The van der Waals surface area contributed by atoms with Gasteiger partial charge in [0.05, 0.1) is 13.4 Å². The molecule has 0 fully saturated rings. The smallest absolute Gasteiger partial charge is 0.326 e. The van der Waals surface area contributed by atoms with Crippen LogP contribution in [0.15, 0.2) is 28.9 Å². The van der Waals surface area contributed by atoms with E-state index >= 15 is 0 Å². The van der Waals surface area contributed by atoms with E-state index in [1.54, 1.807) is 12.1 Å². The lowest BCUT2D eigenvalue weighted by atomic mass is 10.1. The topological polar surface area (TPSA) is 106 Å². The summed E-state index contributed by atoms with van der Waals surface area (Å²) in [6.07, 6.45) is 3.90. The molecule has 108 valence electrons. The van der Waals surface area contributed by atoms with Crippen LogP contribution in [0, 0.1) is 0 Å². The standard InChI is InChI=1S/C13H15NO6/c1-19-12(16)7-5-10(13(17)18)14-11(15)6-4-9-3-2-8-20-9/h2-4,6,8,10H,5,7H2,1H3,(H,14,15)(H,17,18)/b6-4+/t10-/m1/s1. The van der Waals surface area contributed by atoms with Crippen LogP contribution in [-0.4, -0.2) is 36.1 Å². The van der Waals surface area contributed by atoms with Gasteiger partial charge in [0.2, 0.25) is 5.91 Å². The summed E-state index contributed by atoms with van der Waals surface area (Å²) in [6.45, 7) is 0. The van der Waals surface area contributed by atoms with Crippen molar-refractivity contribution in [2.75, 3.05) is 7.11 Å². The number of furan rings is 1. The minimum absolute atomic E-state index is 0.0393. The number of aliphatic carboxylic acids is 1. The maximum atomic E-state index is 11.5. The number of nitrogens with one attached hydrogen (secondary N) is 1. The molecule has 0 aliphatic heterocycles. The van der Waals surface area contributed by atoms with Crippen molar-refractivity contribution >= 4 is 23.9 Å². The van der Waals surface area contributed by atoms with Gasteiger partial charge in [-0.2, -0.15) is 0 Å². The number of hydrogen-bond acceptors (Lipinski definition) is 5. The Hall–Kier alpha value is -2.57. The van der Waals surface area contributed by atoms with Crippen LogP contribution in [0.3, 0.4) is 0 Å². The molecule has 0 saturated carbocycles. The predicted molar refractivity (Wildman–Crippen MR) is 68.6 cm³/mol. The zero-order valence-electron chi connectivity index (χ0n) is 10.9. The Labute approximate surface area is 115 Å². The van der Waals surface area contributed by atoms with E-state index in [2.05, 4.69) is 10.1 Å². The van der Waals surface area contributed by atoms with Gasteiger partial charge in [0.25, 0.3) is 0 Å². The molecular formula is C13H15NO6. The fourth-order valence-corrected chi connectivity index (χ4v) is 1.39. The third-order valence-corrected chi connectivity index (χ3v) is 2.42. The van der Waals surface area contributed by atoms with Gasteiger partial charge in [-0.1, -0.05) is 0 Å². The van der Waals surface area contributed by atoms with Crippen molar-refractivity contribution in [3.05, 3.63) is 30.2 Å². The summed E-state index contributed by atoms with van der Waals surface area (Å²) in [5.41, 5.74) is 0. The first-order valence-electron chi connectivity index (χ1n) is 5.84. The fourth-order valence-electron chi connectivity index (χ4n) is 1.39. The average Bonchev–Trinajstić information content (AvgIpc) is 2.93. The fraction of sp³-hybridized carbons (Fsp3) is 0.308. The van der Waals surface area contributed by atoms with Gasteiger partial charge < -0.3 is 19.6 Å². The molecule has 0 saturated heterocycles. The molecule has 1 heterocycles. The zero-order valence-corrected chi connectivity index (χ0v) is 10.9. The van der Waals surface area contributed by atoms with Crippen molar-refractivity contribution in [2.45, 2.75) is 18.9 Å². The van der Waals surface area contributed by atoms with E-state index in [4.69, 9.17) is 9.52 Å². The molecule has 0 spiro atoms. The Kier molecular flexibility index (Phi) is 6.02. The first kappa shape index (κ1) is 15.5. The number of carboxylic acid groups (broad SMARTS) is 1. The molecular weight excluding hydrogens is 266 g/mol. The summed E-state index contributed by atoms with van der Waals surface area (Å²) in [5, 5.41) is 11.2. The Bertz CT molecular complexity index is 491. The van der Waals surface area contributed by atoms with Crippen molar-refractivity contribution in [1.82, 2.24) is 5.32 Å². The van der Waals surface area contributed by atoms with Crippen molar-refractivity contribution in [1.29, 1.82) is 0 Å². The normalized spacial score (nSPS) is 12.1. The highest BCUT2D eigenvalue weighted by atomic mass is 16.5. The molecule has 0 bridgehead atoms. The lowest BCUT2D eigenvalue weighted by Crippen LogP contribution is -2.40. The Morgan fingerprint density at radius 2 is 2.25 bits per heavy atom. The Morgan fingerprint density at radius 3 is 2.80 bits per heavy atom. The van der Waals surface area contributed by atoms with E-state index in [9.17, 15) is 14.4 Å². The van der Waals surface area contributed by atoms with Gasteiger partial charge in [-0.15, -0.1) is 0 Å². The molecule has 20 heavy (non-hydrogen) atoms. The second kappa shape index (κ2) is 7.78.